The summed E-state index contributed by atoms with van der Waals surface area (Å²) in [5.41, 5.74) is 4.00. The van der Waals surface area contributed by atoms with Crippen LogP contribution in [0.25, 0.3) is 10.8 Å². The molecule has 0 bridgehead atoms. The lowest BCUT2D eigenvalue weighted by Crippen LogP contribution is -1.98. The molecule has 0 saturated carbocycles. The van der Waals surface area contributed by atoms with Gasteiger partial charge in [-0.05, 0) is 46.7 Å². The third-order valence-electron chi connectivity index (χ3n) is 3.83. The molecule has 0 aromatic heterocycles. The van der Waals surface area contributed by atoms with Crippen LogP contribution in [0.3, 0.4) is 0 Å². The predicted octanol–water partition coefficient (Wildman–Crippen LogP) is 3.77. The van der Waals surface area contributed by atoms with Gasteiger partial charge in [-0.2, -0.15) is 0 Å². The Kier molecular flexibility index (Phi) is 2.64. The van der Waals surface area contributed by atoms with E-state index in [0.29, 0.717) is 0 Å². The molecule has 0 fully saturated rings. The van der Waals surface area contributed by atoms with Crippen molar-refractivity contribution >= 4 is 10.8 Å². The van der Waals surface area contributed by atoms with Crippen LogP contribution in [-0.2, 0) is 12.8 Å². The van der Waals surface area contributed by atoms with Crippen LogP contribution >= 0.6 is 0 Å². The van der Waals surface area contributed by atoms with E-state index in [-0.39, 0.29) is 6.10 Å². The maximum absolute atomic E-state index is 10.2. The SMILES string of the molecule is CCCC(O)c1ccc2c3c(cccc13)CC2. The van der Waals surface area contributed by atoms with Crippen molar-refractivity contribution in [3.63, 3.8) is 0 Å². The number of aryl methyl sites for hydroxylation is 2. The molecule has 2 aromatic carbocycles. The van der Waals surface area contributed by atoms with Gasteiger partial charge >= 0.3 is 0 Å². The summed E-state index contributed by atoms with van der Waals surface area (Å²) < 4.78 is 0. The molecule has 0 radical (unpaired) electrons. The maximum Gasteiger partial charge on any atom is 0.0796 e. The Balaban J connectivity index is 2.21. The number of rotatable bonds is 3. The summed E-state index contributed by atoms with van der Waals surface area (Å²) in [7, 11) is 0. The molecule has 1 atom stereocenters. The maximum atomic E-state index is 10.2. The quantitative estimate of drug-likeness (QED) is 0.844. The molecule has 1 heteroatoms. The first kappa shape index (κ1) is 10.8. The van der Waals surface area contributed by atoms with Gasteiger partial charge in [0.05, 0.1) is 6.10 Å². The summed E-state index contributed by atoms with van der Waals surface area (Å²) in [5, 5.41) is 12.9. The second-order valence-electron chi connectivity index (χ2n) is 4.96. The minimum Gasteiger partial charge on any atom is -0.388 e. The number of benzene rings is 2. The first-order chi connectivity index (χ1) is 8.31. The van der Waals surface area contributed by atoms with E-state index >= 15 is 0 Å². The van der Waals surface area contributed by atoms with Gasteiger partial charge in [-0.3, -0.25) is 0 Å². The zero-order valence-electron chi connectivity index (χ0n) is 10.2. The molecule has 2 aromatic rings. The topological polar surface area (TPSA) is 20.2 Å². The van der Waals surface area contributed by atoms with E-state index in [1.54, 1.807) is 0 Å². The van der Waals surface area contributed by atoms with Crippen molar-refractivity contribution in [2.24, 2.45) is 0 Å². The molecule has 1 unspecified atom stereocenters. The largest absolute Gasteiger partial charge is 0.388 e. The fourth-order valence-electron chi connectivity index (χ4n) is 2.99. The summed E-state index contributed by atoms with van der Waals surface area (Å²) in [4.78, 5) is 0. The van der Waals surface area contributed by atoms with Crippen LogP contribution in [0.4, 0.5) is 0 Å². The van der Waals surface area contributed by atoms with Crippen LogP contribution in [-0.4, -0.2) is 5.11 Å². The first-order valence-corrected chi connectivity index (χ1v) is 6.52. The first-order valence-electron chi connectivity index (χ1n) is 6.52. The van der Waals surface area contributed by atoms with Gasteiger partial charge < -0.3 is 5.11 Å². The highest BCUT2D eigenvalue weighted by Crippen LogP contribution is 2.35. The van der Waals surface area contributed by atoms with Gasteiger partial charge in [0.15, 0.2) is 0 Å². The van der Waals surface area contributed by atoms with Gasteiger partial charge in [0.25, 0.3) is 0 Å². The Labute approximate surface area is 102 Å². The molecule has 17 heavy (non-hydrogen) atoms. The number of aliphatic hydroxyl groups is 1. The highest BCUT2D eigenvalue weighted by Gasteiger charge is 2.18. The van der Waals surface area contributed by atoms with Crippen molar-refractivity contribution in [1.29, 1.82) is 0 Å². The molecule has 1 nitrogen and oxygen atoms in total. The van der Waals surface area contributed by atoms with E-state index in [4.69, 9.17) is 0 Å². The Bertz CT molecular complexity index is 546. The van der Waals surface area contributed by atoms with Crippen LogP contribution < -0.4 is 0 Å². The summed E-state index contributed by atoms with van der Waals surface area (Å²) in [6, 6.07) is 10.8. The van der Waals surface area contributed by atoms with E-state index < -0.39 is 0 Å². The second-order valence-corrected chi connectivity index (χ2v) is 4.96. The molecule has 0 heterocycles. The van der Waals surface area contributed by atoms with Crippen LogP contribution in [0, 0.1) is 0 Å². The van der Waals surface area contributed by atoms with Crippen LogP contribution in [0.1, 0.15) is 42.6 Å². The zero-order chi connectivity index (χ0) is 11.8. The minimum absolute atomic E-state index is 0.315. The molecular formula is C16H18O. The fourth-order valence-corrected chi connectivity index (χ4v) is 2.99. The van der Waals surface area contributed by atoms with Crippen molar-refractivity contribution in [2.75, 3.05) is 0 Å². The molecule has 0 amide bonds. The molecular weight excluding hydrogens is 208 g/mol. The monoisotopic (exact) mass is 226 g/mol. The van der Waals surface area contributed by atoms with Crippen molar-refractivity contribution in [3.05, 3.63) is 47.0 Å². The van der Waals surface area contributed by atoms with Gasteiger partial charge in [-0.1, -0.05) is 43.7 Å². The Morgan fingerprint density at radius 1 is 1.12 bits per heavy atom. The van der Waals surface area contributed by atoms with Gasteiger partial charge in [-0.15, -0.1) is 0 Å². The molecule has 88 valence electrons. The number of hydrogen-bond donors (Lipinski definition) is 1. The van der Waals surface area contributed by atoms with E-state index in [2.05, 4.69) is 37.3 Å². The van der Waals surface area contributed by atoms with Crippen molar-refractivity contribution in [2.45, 2.75) is 38.7 Å². The average Bonchev–Trinajstić information content (AvgIpc) is 2.76. The van der Waals surface area contributed by atoms with E-state index in [1.807, 2.05) is 0 Å². The van der Waals surface area contributed by atoms with Crippen LogP contribution in [0.15, 0.2) is 30.3 Å². The van der Waals surface area contributed by atoms with Crippen LogP contribution in [0.5, 0.6) is 0 Å². The van der Waals surface area contributed by atoms with Gasteiger partial charge in [0, 0.05) is 0 Å². The molecule has 0 spiro atoms. The minimum atomic E-state index is -0.315. The molecule has 1 aliphatic rings. The fraction of sp³-hybridized carbons (Fsp3) is 0.375. The lowest BCUT2D eigenvalue weighted by atomic mass is 9.95. The molecule has 3 rings (SSSR count). The second kappa shape index (κ2) is 4.15. The third-order valence-corrected chi connectivity index (χ3v) is 3.83. The molecule has 1 aliphatic carbocycles. The van der Waals surface area contributed by atoms with Crippen molar-refractivity contribution in [3.8, 4) is 0 Å². The smallest absolute Gasteiger partial charge is 0.0796 e. The van der Waals surface area contributed by atoms with Crippen molar-refractivity contribution in [1.82, 2.24) is 0 Å². The number of hydrogen-bond acceptors (Lipinski definition) is 1. The lowest BCUT2D eigenvalue weighted by molar-refractivity contribution is 0.168. The summed E-state index contributed by atoms with van der Waals surface area (Å²) in [6.45, 7) is 2.11. The molecule has 0 saturated heterocycles. The van der Waals surface area contributed by atoms with Gasteiger partial charge in [0.1, 0.15) is 0 Å². The van der Waals surface area contributed by atoms with E-state index in [9.17, 15) is 5.11 Å². The highest BCUT2D eigenvalue weighted by atomic mass is 16.3. The normalized spacial score (nSPS) is 15.4. The summed E-state index contributed by atoms with van der Waals surface area (Å²) >= 11 is 0. The Morgan fingerprint density at radius 3 is 2.65 bits per heavy atom. The van der Waals surface area contributed by atoms with E-state index in [0.717, 1.165) is 31.2 Å². The van der Waals surface area contributed by atoms with E-state index in [1.165, 1.54) is 21.9 Å². The van der Waals surface area contributed by atoms with Crippen molar-refractivity contribution < 1.29 is 5.11 Å². The lowest BCUT2D eigenvalue weighted by Gasteiger charge is -2.14. The molecule has 1 N–H and O–H groups in total. The number of aliphatic hydroxyl groups excluding tert-OH is 1. The molecule has 0 aliphatic heterocycles. The third kappa shape index (κ3) is 1.66. The summed E-state index contributed by atoms with van der Waals surface area (Å²) in [5.74, 6) is 0. The Hall–Kier alpha value is -1.34. The van der Waals surface area contributed by atoms with Gasteiger partial charge in [0.2, 0.25) is 0 Å². The zero-order valence-corrected chi connectivity index (χ0v) is 10.2. The standard InChI is InChI=1S/C16H18O/c1-2-4-15(17)13-10-9-12-8-7-11-5-3-6-14(13)16(11)12/h3,5-6,9-10,15,17H,2,4,7-8H2,1H3. The average molecular weight is 226 g/mol. The van der Waals surface area contributed by atoms with Crippen LogP contribution in [0.2, 0.25) is 0 Å². The predicted molar refractivity (Wildman–Crippen MR) is 71.2 cm³/mol. The summed E-state index contributed by atoms with van der Waals surface area (Å²) in [6.07, 6.45) is 3.85. The Morgan fingerprint density at radius 2 is 1.88 bits per heavy atom. The van der Waals surface area contributed by atoms with Gasteiger partial charge in [-0.25, -0.2) is 0 Å². The highest BCUT2D eigenvalue weighted by molar-refractivity contribution is 5.93.